The number of hydrogen-bond acceptors (Lipinski definition) is 8. The summed E-state index contributed by atoms with van der Waals surface area (Å²) in [7, 11) is -4.00. The molecular formula is C26H29N5O5S. The Morgan fingerprint density at radius 1 is 1.08 bits per heavy atom. The Morgan fingerprint density at radius 3 is 2.38 bits per heavy atom. The minimum Gasteiger partial charge on any atom is -0.384 e. The van der Waals surface area contributed by atoms with E-state index in [1.54, 1.807) is 35.5 Å². The molecule has 0 saturated heterocycles. The van der Waals surface area contributed by atoms with Crippen LogP contribution in [0.5, 0.6) is 0 Å². The zero-order valence-corrected chi connectivity index (χ0v) is 21.6. The molecule has 1 heterocycles. The van der Waals surface area contributed by atoms with E-state index >= 15 is 0 Å². The number of nitrogens with one attached hydrogen (secondary N) is 2. The third-order valence-corrected chi connectivity index (χ3v) is 5.68. The number of benzene rings is 2. The Kier molecular flexibility index (Phi) is 8.61. The molecule has 0 bridgehead atoms. The zero-order chi connectivity index (χ0) is 27.2. The van der Waals surface area contributed by atoms with E-state index in [1.807, 2.05) is 32.0 Å². The van der Waals surface area contributed by atoms with Crippen LogP contribution in [0.15, 0.2) is 67.0 Å². The van der Waals surface area contributed by atoms with Crippen molar-refractivity contribution < 1.29 is 22.2 Å². The maximum Gasteiger partial charge on any atom is 0.353 e. The van der Waals surface area contributed by atoms with E-state index in [0.29, 0.717) is 24.3 Å². The molecule has 0 radical (unpaired) electrons. The second-order valence-corrected chi connectivity index (χ2v) is 10.4. The monoisotopic (exact) mass is 523 g/mol. The summed E-state index contributed by atoms with van der Waals surface area (Å²) >= 11 is 0. The van der Waals surface area contributed by atoms with Crippen molar-refractivity contribution in [1.29, 1.82) is 5.41 Å². The highest BCUT2D eigenvalue weighted by Gasteiger charge is 2.23. The smallest absolute Gasteiger partial charge is 0.353 e. The quantitative estimate of drug-likeness (QED) is 0.207. The van der Waals surface area contributed by atoms with Crippen molar-refractivity contribution in [2.45, 2.75) is 20.4 Å². The van der Waals surface area contributed by atoms with Gasteiger partial charge in [0, 0.05) is 36.1 Å². The first-order valence-electron chi connectivity index (χ1n) is 11.4. The molecule has 11 heteroatoms. The fourth-order valence-electron chi connectivity index (χ4n) is 3.55. The van der Waals surface area contributed by atoms with Gasteiger partial charge in [-0.05, 0) is 60.0 Å². The standard InChI is InChI=1S/C26H29N5O5S/c1-17(2)16-31(25(32)19-5-4-6-20(13-19)26(33)36-37(3,34)35)23-15-29-12-11-21(23)14-30-22-9-7-18(8-10-22)24(27)28/h4-13,15,17,30H,14,16H2,1-3H3,(H3,27,28). The van der Waals surface area contributed by atoms with Crippen LogP contribution in [0.3, 0.4) is 0 Å². The van der Waals surface area contributed by atoms with Crippen LogP contribution in [0, 0.1) is 11.3 Å². The van der Waals surface area contributed by atoms with Gasteiger partial charge in [-0.25, -0.2) is 4.79 Å². The lowest BCUT2D eigenvalue weighted by Gasteiger charge is -2.27. The highest BCUT2D eigenvalue weighted by Crippen LogP contribution is 2.25. The number of rotatable bonds is 10. The van der Waals surface area contributed by atoms with Crippen molar-refractivity contribution in [2.24, 2.45) is 11.7 Å². The van der Waals surface area contributed by atoms with Crippen molar-refractivity contribution in [3.8, 4) is 0 Å². The van der Waals surface area contributed by atoms with Crippen molar-refractivity contribution >= 4 is 39.2 Å². The summed E-state index contributed by atoms with van der Waals surface area (Å²) in [5.41, 5.74) is 8.50. The number of carbonyl (C=O) groups is 2. The molecule has 10 nitrogen and oxygen atoms in total. The Hall–Kier alpha value is -4.25. The van der Waals surface area contributed by atoms with Crippen LogP contribution in [-0.2, 0) is 20.8 Å². The molecule has 0 aliphatic heterocycles. The first-order chi connectivity index (χ1) is 17.4. The Bertz CT molecular complexity index is 1400. The predicted molar refractivity (Wildman–Crippen MR) is 142 cm³/mol. The van der Waals surface area contributed by atoms with Crippen molar-refractivity contribution in [2.75, 3.05) is 23.0 Å². The van der Waals surface area contributed by atoms with Crippen molar-refractivity contribution in [3.63, 3.8) is 0 Å². The minimum absolute atomic E-state index is 0.0144. The van der Waals surface area contributed by atoms with Crippen LogP contribution in [0.1, 0.15) is 45.7 Å². The highest BCUT2D eigenvalue weighted by atomic mass is 32.2. The minimum atomic E-state index is -4.00. The van der Waals surface area contributed by atoms with Crippen LogP contribution in [0.25, 0.3) is 0 Å². The molecule has 2 aromatic carbocycles. The number of aromatic nitrogens is 1. The van der Waals surface area contributed by atoms with Gasteiger partial charge >= 0.3 is 16.1 Å². The molecular weight excluding hydrogens is 494 g/mol. The molecule has 0 spiro atoms. The molecule has 0 fully saturated rings. The third kappa shape index (κ3) is 7.61. The van der Waals surface area contributed by atoms with Gasteiger partial charge in [-0.3, -0.25) is 15.2 Å². The number of pyridine rings is 1. The van der Waals surface area contributed by atoms with Crippen LogP contribution in [0.4, 0.5) is 11.4 Å². The number of nitrogens with zero attached hydrogens (tertiary/aromatic N) is 2. The molecule has 0 atom stereocenters. The number of carbonyl (C=O) groups excluding carboxylic acids is 2. The summed E-state index contributed by atoms with van der Waals surface area (Å²) in [5.74, 6) is -1.33. The van der Waals surface area contributed by atoms with Gasteiger partial charge in [-0.15, -0.1) is 0 Å². The van der Waals surface area contributed by atoms with E-state index in [9.17, 15) is 18.0 Å². The molecule has 3 aromatic rings. The van der Waals surface area contributed by atoms with Crippen molar-refractivity contribution in [3.05, 3.63) is 89.2 Å². The van der Waals surface area contributed by atoms with E-state index in [1.165, 1.54) is 18.2 Å². The SMILES string of the molecule is CC(C)CN(C(=O)c1cccc(C(=O)OS(C)(=O)=O)c1)c1cnccc1CNc1ccc(C(=N)N)cc1. The summed E-state index contributed by atoms with van der Waals surface area (Å²) in [4.78, 5) is 31.7. The number of amides is 1. The van der Waals surface area contributed by atoms with Gasteiger partial charge in [0.25, 0.3) is 5.91 Å². The van der Waals surface area contributed by atoms with Gasteiger partial charge in [-0.1, -0.05) is 19.9 Å². The van der Waals surface area contributed by atoms with E-state index < -0.39 is 16.1 Å². The lowest BCUT2D eigenvalue weighted by atomic mass is 10.1. The Labute approximate surface area is 216 Å². The maximum absolute atomic E-state index is 13.6. The summed E-state index contributed by atoms with van der Waals surface area (Å²) in [6, 6.07) is 14.7. The molecule has 37 heavy (non-hydrogen) atoms. The predicted octanol–water partition coefficient (Wildman–Crippen LogP) is 3.40. The van der Waals surface area contributed by atoms with Gasteiger partial charge in [0.15, 0.2) is 0 Å². The molecule has 0 aliphatic carbocycles. The first kappa shape index (κ1) is 27.3. The second kappa shape index (κ2) is 11.7. The molecule has 0 aliphatic rings. The van der Waals surface area contributed by atoms with Gasteiger partial charge in [-0.2, -0.15) is 8.42 Å². The Balaban J connectivity index is 1.89. The topological polar surface area (TPSA) is 156 Å². The van der Waals surface area contributed by atoms with E-state index in [0.717, 1.165) is 17.5 Å². The molecule has 4 N–H and O–H groups in total. The van der Waals surface area contributed by atoms with Crippen LogP contribution >= 0.6 is 0 Å². The van der Waals surface area contributed by atoms with E-state index in [2.05, 4.69) is 14.5 Å². The molecule has 0 unspecified atom stereocenters. The number of nitrogen functional groups attached to an aromatic ring is 1. The van der Waals surface area contributed by atoms with Crippen molar-refractivity contribution in [1.82, 2.24) is 4.98 Å². The van der Waals surface area contributed by atoms with Gasteiger partial charge in [0.1, 0.15) is 5.84 Å². The number of nitrogens with two attached hydrogens (primary N) is 1. The fraction of sp³-hybridized carbons (Fsp3) is 0.231. The molecule has 1 amide bonds. The number of anilines is 2. The normalized spacial score (nSPS) is 11.1. The average molecular weight is 524 g/mol. The lowest BCUT2D eigenvalue weighted by molar-refractivity contribution is 0.0748. The van der Waals surface area contributed by atoms with E-state index in [-0.39, 0.29) is 28.8 Å². The van der Waals surface area contributed by atoms with E-state index in [4.69, 9.17) is 11.1 Å². The number of amidine groups is 1. The van der Waals surface area contributed by atoms with Crippen LogP contribution in [-0.4, -0.2) is 43.9 Å². The van der Waals surface area contributed by atoms with Gasteiger partial charge in [0.05, 0.1) is 23.7 Å². The maximum atomic E-state index is 13.6. The van der Waals surface area contributed by atoms with Crippen LogP contribution < -0.4 is 16.0 Å². The average Bonchev–Trinajstić information content (AvgIpc) is 2.85. The van der Waals surface area contributed by atoms with Crippen LogP contribution in [0.2, 0.25) is 0 Å². The molecule has 194 valence electrons. The third-order valence-electron chi connectivity index (χ3n) is 5.22. The summed E-state index contributed by atoms with van der Waals surface area (Å²) in [6.07, 6.45) is 4.02. The number of hydrogen-bond donors (Lipinski definition) is 3. The fourth-order valence-corrected chi connectivity index (χ4v) is 3.92. The molecule has 1 aromatic heterocycles. The summed E-state index contributed by atoms with van der Waals surface area (Å²) in [6.45, 7) is 4.72. The lowest BCUT2D eigenvalue weighted by Crippen LogP contribution is -2.35. The summed E-state index contributed by atoms with van der Waals surface area (Å²) in [5, 5.41) is 10.8. The highest BCUT2D eigenvalue weighted by molar-refractivity contribution is 7.86. The van der Waals surface area contributed by atoms with Gasteiger partial charge in [0.2, 0.25) is 0 Å². The zero-order valence-electron chi connectivity index (χ0n) is 20.8. The molecule has 0 saturated carbocycles. The largest absolute Gasteiger partial charge is 0.384 e. The first-order valence-corrected chi connectivity index (χ1v) is 13.2. The van der Waals surface area contributed by atoms with Gasteiger partial charge < -0.3 is 20.1 Å². The second-order valence-electron chi connectivity index (χ2n) is 8.81. The molecule has 3 rings (SSSR count). The Morgan fingerprint density at radius 2 is 1.76 bits per heavy atom. The summed E-state index contributed by atoms with van der Waals surface area (Å²) < 4.78 is 27.2.